The van der Waals surface area contributed by atoms with Crippen LogP contribution in [0.1, 0.15) is 40.5 Å². The third kappa shape index (κ3) is 4.50. The first-order valence-electron chi connectivity index (χ1n) is 11.1. The number of carboxylic acids is 1. The number of carboxylic acid groups (broad SMARTS) is 1. The van der Waals surface area contributed by atoms with E-state index >= 15 is 0 Å². The van der Waals surface area contributed by atoms with Gasteiger partial charge < -0.3 is 10.1 Å². The fourth-order valence-corrected chi connectivity index (χ4v) is 6.06. The minimum absolute atomic E-state index is 0.0802. The van der Waals surface area contributed by atoms with E-state index in [1.165, 1.54) is 27.2 Å². The topological polar surface area (TPSA) is 151 Å². The van der Waals surface area contributed by atoms with E-state index in [0.29, 0.717) is 23.7 Å². The van der Waals surface area contributed by atoms with Gasteiger partial charge in [0.05, 0.1) is 17.0 Å². The number of halogens is 1. The van der Waals surface area contributed by atoms with Crippen molar-refractivity contribution in [2.45, 2.75) is 30.2 Å². The number of sulfonamides is 1. The van der Waals surface area contributed by atoms with Crippen LogP contribution in [0.5, 0.6) is 0 Å². The number of piperidine rings is 1. The van der Waals surface area contributed by atoms with Gasteiger partial charge in [-0.25, -0.2) is 22.9 Å². The van der Waals surface area contributed by atoms with Crippen molar-refractivity contribution in [1.82, 2.24) is 29.3 Å². The molecule has 2 N–H and O–H groups in total. The molecule has 0 amide bonds. The van der Waals surface area contributed by atoms with Gasteiger partial charge >= 0.3 is 5.97 Å². The smallest absolute Gasteiger partial charge is 0.335 e. The quantitative estimate of drug-likeness (QED) is 0.387. The number of aromatic carboxylic acids is 1. The van der Waals surface area contributed by atoms with Crippen molar-refractivity contribution in [2.75, 3.05) is 13.1 Å². The molecule has 2 aromatic carbocycles. The molecule has 1 fully saturated rings. The molecule has 3 heterocycles. The largest absolute Gasteiger partial charge is 0.478 e. The van der Waals surface area contributed by atoms with E-state index in [1.807, 2.05) is 18.2 Å². The van der Waals surface area contributed by atoms with Crippen molar-refractivity contribution in [2.24, 2.45) is 0 Å². The predicted octanol–water partition coefficient (Wildman–Crippen LogP) is 2.48. The molecule has 0 spiro atoms. The molecule has 0 aliphatic carbocycles. The second-order valence-electron chi connectivity index (χ2n) is 8.50. The average molecular weight is 529 g/mol. The van der Waals surface area contributed by atoms with Crippen LogP contribution in [0.2, 0.25) is 5.02 Å². The average Bonchev–Trinajstić information content (AvgIpc) is 3.29. The number of rotatable bonds is 6. The number of hydrogen-bond acceptors (Lipinski definition) is 7. The maximum atomic E-state index is 13.3. The van der Waals surface area contributed by atoms with Crippen LogP contribution in [-0.2, 0) is 16.6 Å². The first-order valence-corrected chi connectivity index (χ1v) is 13.0. The van der Waals surface area contributed by atoms with Gasteiger partial charge in [-0.05, 0) is 42.7 Å². The standard InChI is InChI=1S/C23H21ClN6O5S/c24-18-9-2-1-5-15(18)13-30-21-19(27-28-30)22(31)26-20(25-21)16-7-4-10-29(12-16)36(34,35)17-8-3-6-14(11-17)23(32)33/h1-3,5-6,8-9,11,16H,4,7,10,12-13H2,(H,32,33)(H,25,26,31)/t16-/m1/s1. The van der Waals surface area contributed by atoms with Crippen LogP contribution in [0, 0.1) is 0 Å². The summed E-state index contributed by atoms with van der Waals surface area (Å²) in [5, 5.41) is 17.8. The second-order valence-corrected chi connectivity index (χ2v) is 10.8. The van der Waals surface area contributed by atoms with E-state index in [-0.39, 0.29) is 47.2 Å². The van der Waals surface area contributed by atoms with Gasteiger partial charge in [0.1, 0.15) is 5.82 Å². The molecule has 5 rings (SSSR count). The fourth-order valence-electron chi connectivity index (χ4n) is 4.29. The summed E-state index contributed by atoms with van der Waals surface area (Å²) in [6.45, 7) is 0.617. The van der Waals surface area contributed by atoms with Crippen molar-refractivity contribution >= 4 is 38.8 Å². The minimum Gasteiger partial charge on any atom is -0.478 e. The van der Waals surface area contributed by atoms with E-state index in [4.69, 9.17) is 11.6 Å². The zero-order valence-corrected chi connectivity index (χ0v) is 20.4. The highest BCUT2D eigenvalue weighted by atomic mass is 35.5. The Balaban J connectivity index is 1.46. The Bertz CT molecular complexity index is 1630. The fraction of sp³-hybridized carbons (Fsp3) is 0.261. The summed E-state index contributed by atoms with van der Waals surface area (Å²) in [4.78, 5) is 31.3. The lowest BCUT2D eigenvalue weighted by atomic mass is 9.99. The number of carbonyl (C=O) groups is 1. The number of hydrogen-bond donors (Lipinski definition) is 2. The van der Waals surface area contributed by atoms with Crippen LogP contribution in [0.3, 0.4) is 0 Å². The molecule has 2 aromatic heterocycles. The second kappa shape index (κ2) is 9.45. The molecule has 0 unspecified atom stereocenters. The summed E-state index contributed by atoms with van der Waals surface area (Å²) in [6, 6.07) is 12.5. The van der Waals surface area contributed by atoms with Crippen LogP contribution < -0.4 is 5.56 Å². The molecule has 1 aliphatic rings. The summed E-state index contributed by atoms with van der Waals surface area (Å²) in [5.41, 5.74) is 0.572. The van der Waals surface area contributed by atoms with Crippen molar-refractivity contribution in [3.05, 3.63) is 80.9 Å². The van der Waals surface area contributed by atoms with Crippen molar-refractivity contribution in [3.8, 4) is 0 Å². The van der Waals surface area contributed by atoms with Crippen LogP contribution >= 0.6 is 11.6 Å². The number of aromatic nitrogens is 5. The first-order chi connectivity index (χ1) is 17.2. The zero-order valence-electron chi connectivity index (χ0n) is 18.8. The summed E-state index contributed by atoms with van der Waals surface area (Å²) < 4.78 is 29.3. The Kier molecular flexibility index (Phi) is 6.33. The Hall–Kier alpha value is -3.61. The molecular formula is C23H21ClN6O5S. The third-order valence-corrected chi connectivity index (χ3v) is 8.39. The van der Waals surface area contributed by atoms with Crippen LogP contribution in [-0.4, -0.2) is 61.9 Å². The molecule has 0 radical (unpaired) electrons. The zero-order chi connectivity index (χ0) is 25.4. The van der Waals surface area contributed by atoms with Gasteiger partial charge in [-0.2, -0.15) is 4.31 Å². The van der Waals surface area contributed by atoms with E-state index in [2.05, 4.69) is 20.3 Å². The molecule has 36 heavy (non-hydrogen) atoms. The molecule has 1 atom stereocenters. The van der Waals surface area contributed by atoms with Gasteiger partial charge in [0.15, 0.2) is 11.2 Å². The number of nitrogens with zero attached hydrogens (tertiary/aromatic N) is 5. The SMILES string of the molecule is O=C(O)c1cccc(S(=O)(=O)N2CCC[C@@H](c3nc4c(nnn4Cc4ccccc4Cl)c(=O)[nH]3)C2)c1. The minimum atomic E-state index is -3.95. The maximum absolute atomic E-state index is 13.3. The van der Waals surface area contributed by atoms with Crippen molar-refractivity contribution in [3.63, 3.8) is 0 Å². The highest BCUT2D eigenvalue weighted by Gasteiger charge is 2.33. The Labute approximate surface area is 210 Å². The molecule has 1 saturated heterocycles. The molecule has 0 bridgehead atoms. The van der Waals surface area contributed by atoms with E-state index in [9.17, 15) is 23.1 Å². The first kappa shape index (κ1) is 24.1. The summed E-state index contributed by atoms with van der Waals surface area (Å²) in [6.07, 6.45) is 1.16. The maximum Gasteiger partial charge on any atom is 0.335 e. The number of fused-ring (bicyclic) bond motifs is 1. The Morgan fingerprint density at radius 3 is 2.78 bits per heavy atom. The van der Waals surface area contributed by atoms with Crippen LogP contribution in [0.15, 0.2) is 58.2 Å². The lowest BCUT2D eigenvalue weighted by molar-refractivity contribution is 0.0696. The highest BCUT2D eigenvalue weighted by Crippen LogP contribution is 2.29. The summed E-state index contributed by atoms with van der Waals surface area (Å²) in [5.74, 6) is -1.24. The molecule has 13 heteroatoms. The molecule has 11 nitrogen and oxygen atoms in total. The van der Waals surface area contributed by atoms with Crippen LogP contribution in [0.25, 0.3) is 11.2 Å². The van der Waals surface area contributed by atoms with Gasteiger partial charge in [0, 0.05) is 24.0 Å². The normalized spacial score (nSPS) is 16.9. The molecule has 0 saturated carbocycles. The molecule has 1 aliphatic heterocycles. The number of aromatic amines is 1. The van der Waals surface area contributed by atoms with Gasteiger partial charge in [-0.3, -0.25) is 4.79 Å². The molecule has 186 valence electrons. The van der Waals surface area contributed by atoms with Gasteiger partial charge in [-0.15, -0.1) is 5.10 Å². The molecular weight excluding hydrogens is 508 g/mol. The lowest BCUT2D eigenvalue weighted by Gasteiger charge is -2.31. The highest BCUT2D eigenvalue weighted by molar-refractivity contribution is 7.89. The van der Waals surface area contributed by atoms with Gasteiger partial charge in [0.25, 0.3) is 5.56 Å². The van der Waals surface area contributed by atoms with Crippen molar-refractivity contribution in [1.29, 1.82) is 0 Å². The number of H-pyrrole nitrogens is 1. The predicted molar refractivity (Wildman–Crippen MR) is 131 cm³/mol. The number of benzene rings is 2. The summed E-state index contributed by atoms with van der Waals surface area (Å²) in [7, 11) is -3.95. The van der Waals surface area contributed by atoms with E-state index in [1.54, 1.807) is 6.07 Å². The third-order valence-electron chi connectivity index (χ3n) is 6.16. The Morgan fingerprint density at radius 1 is 1.19 bits per heavy atom. The van der Waals surface area contributed by atoms with E-state index < -0.39 is 21.6 Å². The monoisotopic (exact) mass is 528 g/mol. The Morgan fingerprint density at radius 2 is 2.00 bits per heavy atom. The lowest BCUT2D eigenvalue weighted by Crippen LogP contribution is -2.40. The van der Waals surface area contributed by atoms with Crippen molar-refractivity contribution < 1.29 is 18.3 Å². The number of nitrogens with one attached hydrogen (secondary N) is 1. The van der Waals surface area contributed by atoms with Gasteiger partial charge in [0.2, 0.25) is 10.0 Å². The molecule has 4 aromatic rings. The van der Waals surface area contributed by atoms with Crippen LogP contribution in [0.4, 0.5) is 0 Å². The van der Waals surface area contributed by atoms with Gasteiger partial charge in [-0.1, -0.05) is 41.1 Å². The van der Waals surface area contributed by atoms with E-state index in [0.717, 1.165) is 11.6 Å². The summed E-state index contributed by atoms with van der Waals surface area (Å²) >= 11 is 6.27.